The highest BCUT2D eigenvalue weighted by Gasteiger charge is 2.24. The number of aryl methyl sites for hydroxylation is 1. The Bertz CT molecular complexity index is 599. The van der Waals surface area contributed by atoms with E-state index in [1.807, 2.05) is 0 Å². The van der Waals surface area contributed by atoms with Crippen molar-refractivity contribution in [3.05, 3.63) is 34.9 Å². The van der Waals surface area contributed by atoms with Crippen LogP contribution in [0.25, 0.3) is 0 Å². The van der Waals surface area contributed by atoms with Crippen molar-refractivity contribution in [2.45, 2.75) is 19.4 Å². The molecule has 1 atom stereocenters. The van der Waals surface area contributed by atoms with Crippen LogP contribution in [0.1, 0.15) is 22.3 Å². The summed E-state index contributed by atoms with van der Waals surface area (Å²) < 4.78 is 49.1. The summed E-state index contributed by atoms with van der Waals surface area (Å²) in [6.07, 6.45) is 0.822. The zero-order valence-electron chi connectivity index (χ0n) is 10.6. The molecule has 0 aliphatic rings. The van der Waals surface area contributed by atoms with Crippen LogP contribution in [0, 0.1) is 18.6 Å². The van der Waals surface area contributed by atoms with Crippen molar-refractivity contribution in [3.8, 4) is 0 Å². The van der Waals surface area contributed by atoms with Crippen molar-refractivity contribution in [1.29, 1.82) is 0 Å². The second kappa shape index (κ2) is 5.75. The number of Topliss-reactive ketones (excluding diaryl/α,β-unsaturated/α-hetero) is 1. The second-order valence-electron chi connectivity index (χ2n) is 4.44. The fourth-order valence-electron chi connectivity index (χ4n) is 1.54. The molecular weight excluding hydrogens is 276 g/mol. The van der Waals surface area contributed by atoms with Gasteiger partial charge in [-0.25, -0.2) is 17.2 Å². The molecule has 1 aromatic carbocycles. The number of rotatable bonds is 5. The molecule has 0 spiro atoms. The Morgan fingerprint density at radius 1 is 1.37 bits per heavy atom. The fourth-order valence-corrected chi connectivity index (χ4v) is 2.22. The lowest BCUT2D eigenvalue weighted by molar-refractivity contribution is 0.0951. The van der Waals surface area contributed by atoms with E-state index in [4.69, 9.17) is 5.73 Å². The highest BCUT2D eigenvalue weighted by molar-refractivity contribution is 7.90. The lowest BCUT2D eigenvalue weighted by Crippen LogP contribution is -2.34. The van der Waals surface area contributed by atoms with E-state index in [0.29, 0.717) is 0 Å². The molecule has 4 nitrogen and oxygen atoms in total. The van der Waals surface area contributed by atoms with E-state index in [-0.39, 0.29) is 17.7 Å². The summed E-state index contributed by atoms with van der Waals surface area (Å²) in [4.78, 5) is 11.9. The maximum atomic E-state index is 13.7. The molecule has 0 bridgehead atoms. The predicted octanol–water partition coefficient (Wildman–Crippen LogP) is 1.22. The molecule has 0 saturated carbocycles. The number of sulfone groups is 1. The Morgan fingerprint density at radius 3 is 2.47 bits per heavy atom. The monoisotopic (exact) mass is 291 g/mol. The first kappa shape index (κ1) is 15.7. The Balaban J connectivity index is 2.98. The van der Waals surface area contributed by atoms with Crippen LogP contribution in [0.5, 0.6) is 0 Å². The lowest BCUT2D eigenvalue weighted by atomic mass is 10.00. The summed E-state index contributed by atoms with van der Waals surface area (Å²) in [7, 11) is -3.28. The summed E-state index contributed by atoms with van der Waals surface area (Å²) in [5.74, 6) is -3.19. The van der Waals surface area contributed by atoms with Crippen LogP contribution in [0.3, 0.4) is 0 Å². The van der Waals surface area contributed by atoms with Crippen LogP contribution in [0.4, 0.5) is 8.78 Å². The van der Waals surface area contributed by atoms with Crippen LogP contribution in [0.15, 0.2) is 12.1 Å². The van der Waals surface area contributed by atoms with Gasteiger partial charge >= 0.3 is 0 Å². The average Bonchev–Trinajstić information content (AvgIpc) is 2.30. The van der Waals surface area contributed by atoms with E-state index in [9.17, 15) is 22.0 Å². The standard InChI is InChI=1S/C12H15F2NO3S/c1-7-3-4-8(13)10(11(7)14)12(16)9(15)5-6-19(2,17)18/h3-4,9H,5-6,15H2,1-2H3. The first-order chi connectivity index (χ1) is 8.63. The van der Waals surface area contributed by atoms with E-state index in [2.05, 4.69) is 0 Å². The molecule has 1 rings (SSSR count). The van der Waals surface area contributed by atoms with Gasteiger partial charge in [-0.1, -0.05) is 6.07 Å². The summed E-state index contributed by atoms with van der Waals surface area (Å²) >= 11 is 0. The molecule has 7 heteroatoms. The third kappa shape index (κ3) is 4.07. The van der Waals surface area contributed by atoms with Crippen molar-refractivity contribution < 1.29 is 22.0 Å². The first-order valence-electron chi connectivity index (χ1n) is 5.55. The van der Waals surface area contributed by atoms with Crippen molar-refractivity contribution in [3.63, 3.8) is 0 Å². The molecule has 0 aromatic heterocycles. The van der Waals surface area contributed by atoms with E-state index in [1.54, 1.807) is 0 Å². The van der Waals surface area contributed by atoms with Gasteiger partial charge in [0.05, 0.1) is 17.4 Å². The third-order valence-electron chi connectivity index (χ3n) is 2.67. The molecule has 0 radical (unpaired) electrons. The molecule has 0 amide bonds. The van der Waals surface area contributed by atoms with Crippen LogP contribution in [-0.2, 0) is 9.84 Å². The molecule has 0 heterocycles. The number of carbonyl (C=O) groups excluding carboxylic acids is 1. The van der Waals surface area contributed by atoms with Crippen molar-refractivity contribution in [2.24, 2.45) is 5.73 Å². The number of benzene rings is 1. The second-order valence-corrected chi connectivity index (χ2v) is 6.70. The third-order valence-corrected chi connectivity index (χ3v) is 3.64. The molecule has 1 unspecified atom stereocenters. The summed E-state index contributed by atoms with van der Waals surface area (Å²) in [6, 6.07) is 0.943. The number of ketones is 1. The Labute approximate surface area is 110 Å². The van der Waals surface area contributed by atoms with Gasteiger partial charge in [0.15, 0.2) is 5.78 Å². The number of hydrogen-bond donors (Lipinski definition) is 1. The number of halogens is 2. The maximum absolute atomic E-state index is 13.7. The highest BCUT2D eigenvalue weighted by atomic mass is 32.2. The number of nitrogens with two attached hydrogens (primary N) is 1. The molecular formula is C12H15F2NO3S. The van der Waals surface area contributed by atoms with Gasteiger partial charge in [-0.3, -0.25) is 4.79 Å². The molecule has 1 aromatic rings. The molecule has 0 fully saturated rings. The minimum atomic E-state index is -3.28. The Kier molecular flexibility index (Phi) is 4.75. The van der Waals surface area contributed by atoms with Gasteiger partial charge < -0.3 is 5.73 Å². The van der Waals surface area contributed by atoms with Gasteiger partial charge in [-0.05, 0) is 25.0 Å². The van der Waals surface area contributed by atoms with Crippen LogP contribution in [0.2, 0.25) is 0 Å². The van der Waals surface area contributed by atoms with Crippen molar-refractivity contribution in [1.82, 2.24) is 0 Å². The maximum Gasteiger partial charge on any atom is 0.185 e. The zero-order chi connectivity index (χ0) is 14.8. The number of hydrogen-bond acceptors (Lipinski definition) is 4. The molecule has 106 valence electrons. The summed E-state index contributed by atoms with van der Waals surface area (Å²) in [5.41, 5.74) is 4.91. The van der Waals surface area contributed by atoms with Gasteiger partial charge in [0.25, 0.3) is 0 Å². The van der Waals surface area contributed by atoms with E-state index in [0.717, 1.165) is 12.3 Å². The smallest absolute Gasteiger partial charge is 0.185 e. The topological polar surface area (TPSA) is 77.2 Å². The normalized spacial score (nSPS) is 13.3. The first-order valence-corrected chi connectivity index (χ1v) is 7.61. The quantitative estimate of drug-likeness (QED) is 0.827. The van der Waals surface area contributed by atoms with E-state index < -0.39 is 38.9 Å². The minimum absolute atomic E-state index is 0.125. The van der Waals surface area contributed by atoms with E-state index in [1.165, 1.54) is 13.0 Å². The average molecular weight is 291 g/mol. The van der Waals surface area contributed by atoms with Gasteiger partial charge in [0, 0.05) is 6.26 Å². The van der Waals surface area contributed by atoms with Gasteiger partial charge in [-0.15, -0.1) is 0 Å². The molecule has 2 N–H and O–H groups in total. The Morgan fingerprint density at radius 2 is 1.95 bits per heavy atom. The Hall–Kier alpha value is -1.34. The molecule has 0 aliphatic carbocycles. The molecule has 0 aliphatic heterocycles. The summed E-state index contributed by atoms with van der Waals surface area (Å²) in [6.45, 7) is 1.40. The zero-order valence-corrected chi connectivity index (χ0v) is 11.4. The lowest BCUT2D eigenvalue weighted by Gasteiger charge is -2.12. The highest BCUT2D eigenvalue weighted by Crippen LogP contribution is 2.18. The van der Waals surface area contributed by atoms with Crippen molar-refractivity contribution >= 4 is 15.6 Å². The fraction of sp³-hybridized carbons (Fsp3) is 0.417. The van der Waals surface area contributed by atoms with Crippen LogP contribution in [-0.4, -0.2) is 32.3 Å². The van der Waals surface area contributed by atoms with Crippen molar-refractivity contribution in [2.75, 3.05) is 12.0 Å². The largest absolute Gasteiger partial charge is 0.321 e. The van der Waals surface area contributed by atoms with Gasteiger partial charge in [-0.2, -0.15) is 0 Å². The van der Waals surface area contributed by atoms with Gasteiger partial charge in [0.2, 0.25) is 0 Å². The molecule has 19 heavy (non-hydrogen) atoms. The SMILES string of the molecule is Cc1ccc(F)c(C(=O)C(N)CCS(C)(=O)=O)c1F. The molecule has 0 saturated heterocycles. The van der Waals surface area contributed by atoms with E-state index >= 15 is 0 Å². The van der Waals surface area contributed by atoms with Crippen LogP contribution >= 0.6 is 0 Å². The summed E-state index contributed by atoms with van der Waals surface area (Å²) in [5, 5.41) is 0. The number of carbonyl (C=O) groups is 1. The minimum Gasteiger partial charge on any atom is -0.321 e. The van der Waals surface area contributed by atoms with Crippen LogP contribution < -0.4 is 5.73 Å². The predicted molar refractivity (Wildman–Crippen MR) is 67.7 cm³/mol. The van der Waals surface area contributed by atoms with Gasteiger partial charge in [0.1, 0.15) is 21.5 Å².